The predicted molar refractivity (Wildman–Crippen MR) is 79.6 cm³/mol. The van der Waals surface area contributed by atoms with E-state index in [-0.39, 0.29) is 0 Å². The molecule has 0 amide bonds. The van der Waals surface area contributed by atoms with Gasteiger partial charge in [0.1, 0.15) is 0 Å². The molecule has 0 saturated carbocycles. The van der Waals surface area contributed by atoms with Crippen LogP contribution < -0.4 is 0 Å². The number of hydrogen-bond acceptors (Lipinski definition) is 1. The van der Waals surface area contributed by atoms with Crippen molar-refractivity contribution in [2.75, 3.05) is 0 Å². The van der Waals surface area contributed by atoms with Crippen LogP contribution in [0.15, 0.2) is 36.9 Å². The Hall–Kier alpha value is -1.57. The van der Waals surface area contributed by atoms with Gasteiger partial charge in [0.15, 0.2) is 0 Å². The molecule has 0 spiro atoms. The molecule has 0 unspecified atom stereocenters. The Balaban J connectivity index is 2.09. The third-order valence-corrected chi connectivity index (χ3v) is 3.32. The molecule has 1 aromatic carbocycles. The van der Waals surface area contributed by atoms with E-state index in [4.69, 9.17) is 5.11 Å². The summed E-state index contributed by atoms with van der Waals surface area (Å²) in [6.45, 7) is 3.72. The van der Waals surface area contributed by atoms with Crippen molar-refractivity contribution in [3.8, 4) is 0 Å². The van der Waals surface area contributed by atoms with Gasteiger partial charge >= 0.3 is 5.97 Å². The van der Waals surface area contributed by atoms with E-state index in [0.717, 1.165) is 12.8 Å². The standard InChI is InChI=1S/C17H24O2/c1-2-3-4-5-6-7-8-9-10-15-11-13-16(14-12-15)17(18)19/h2,11-14H,1,3-10H2,(H,18,19). The highest BCUT2D eigenvalue weighted by molar-refractivity contribution is 5.87. The fourth-order valence-corrected chi connectivity index (χ4v) is 2.14. The minimum Gasteiger partial charge on any atom is -0.478 e. The molecule has 0 fully saturated rings. The lowest BCUT2D eigenvalue weighted by molar-refractivity contribution is 0.0697. The van der Waals surface area contributed by atoms with E-state index in [1.54, 1.807) is 12.1 Å². The van der Waals surface area contributed by atoms with E-state index in [1.807, 2.05) is 18.2 Å². The van der Waals surface area contributed by atoms with Gasteiger partial charge in [-0.1, -0.05) is 43.9 Å². The number of aryl methyl sites for hydroxylation is 1. The maximum Gasteiger partial charge on any atom is 0.335 e. The van der Waals surface area contributed by atoms with Gasteiger partial charge in [0.25, 0.3) is 0 Å². The third kappa shape index (κ3) is 6.80. The zero-order chi connectivity index (χ0) is 13.9. The van der Waals surface area contributed by atoms with Crippen LogP contribution in [0.2, 0.25) is 0 Å². The first-order valence-corrected chi connectivity index (χ1v) is 7.17. The molecule has 1 aromatic rings. The fourth-order valence-electron chi connectivity index (χ4n) is 2.14. The molecule has 2 heteroatoms. The summed E-state index contributed by atoms with van der Waals surface area (Å²) >= 11 is 0. The van der Waals surface area contributed by atoms with Gasteiger partial charge in [-0.2, -0.15) is 0 Å². The van der Waals surface area contributed by atoms with Crippen LogP contribution in [-0.4, -0.2) is 11.1 Å². The van der Waals surface area contributed by atoms with Crippen LogP contribution >= 0.6 is 0 Å². The molecule has 0 aliphatic rings. The quantitative estimate of drug-likeness (QED) is 0.482. The van der Waals surface area contributed by atoms with Crippen molar-refractivity contribution in [2.24, 2.45) is 0 Å². The topological polar surface area (TPSA) is 37.3 Å². The molecule has 0 aliphatic heterocycles. The molecular weight excluding hydrogens is 236 g/mol. The van der Waals surface area contributed by atoms with Crippen LogP contribution in [0.1, 0.15) is 60.9 Å². The van der Waals surface area contributed by atoms with E-state index in [2.05, 4.69) is 6.58 Å². The van der Waals surface area contributed by atoms with Gasteiger partial charge in [-0.3, -0.25) is 0 Å². The number of benzene rings is 1. The molecule has 104 valence electrons. The molecule has 0 aromatic heterocycles. The Morgan fingerprint density at radius 3 is 2.16 bits per heavy atom. The molecule has 0 saturated heterocycles. The van der Waals surface area contributed by atoms with Gasteiger partial charge in [-0.05, 0) is 43.4 Å². The van der Waals surface area contributed by atoms with Gasteiger partial charge in [0.2, 0.25) is 0 Å². The van der Waals surface area contributed by atoms with Crippen LogP contribution in [0.25, 0.3) is 0 Å². The van der Waals surface area contributed by atoms with Gasteiger partial charge in [-0.15, -0.1) is 6.58 Å². The van der Waals surface area contributed by atoms with Gasteiger partial charge < -0.3 is 5.11 Å². The van der Waals surface area contributed by atoms with Crippen LogP contribution in [-0.2, 0) is 6.42 Å². The van der Waals surface area contributed by atoms with Crippen molar-refractivity contribution in [3.05, 3.63) is 48.0 Å². The van der Waals surface area contributed by atoms with Crippen molar-refractivity contribution in [1.29, 1.82) is 0 Å². The minimum absolute atomic E-state index is 0.367. The van der Waals surface area contributed by atoms with Crippen LogP contribution in [0.5, 0.6) is 0 Å². The normalized spacial score (nSPS) is 10.3. The van der Waals surface area contributed by atoms with Crippen LogP contribution in [0.4, 0.5) is 0 Å². The van der Waals surface area contributed by atoms with E-state index >= 15 is 0 Å². The lowest BCUT2D eigenvalue weighted by Crippen LogP contribution is -1.96. The Labute approximate surface area is 116 Å². The summed E-state index contributed by atoms with van der Waals surface area (Å²) in [4.78, 5) is 10.7. The second-order valence-corrected chi connectivity index (χ2v) is 4.95. The van der Waals surface area contributed by atoms with Crippen molar-refractivity contribution < 1.29 is 9.90 Å². The molecule has 1 N–H and O–H groups in total. The highest BCUT2D eigenvalue weighted by atomic mass is 16.4. The van der Waals surface area contributed by atoms with Gasteiger partial charge in [0.05, 0.1) is 5.56 Å². The number of carboxylic acids is 1. The maximum atomic E-state index is 10.7. The van der Waals surface area contributed by atoms with E-state index in [0.29, 0.717) is 5.56 Å². The summed E-state index contributed by atoms with van der Waals surface area (Å²) in [5.74, 6) is -0.855. The molecule has 19 heavy (non-hydrogen) atoms. The number of hydrogen-bond donors (Lipinski definition) is 1. The summed E-state index contributed by atoms with van der Waals surface area (Å²) in [6.07, 6.45) is 11.8. The first-order chi connectivity index (χ1) is 9.24. The van der Waals surface area contributed by atoms with Gasteiger partial charge in [0, 0.05) is 0 Å². The highest BCUT2D eigenvalue weighted by Gasteiger charge is 2.01. The largest absolute Gasteiger partial charge is 0.478 e. The Bertz CT molecular complexity index is 379. The molecule has 0 radical (unpaired) electrons. The SMILES string of the molecule is C=CCCCCCCCCc1ccc(C(=O)O)cc1. The third-order valence-electron chi connectivity index (χ3n) is 3.32. The monoisotopic (exact) mass is 260 g/mol. The lowest BCUT2D eigenvalue weighted by Gasteiger charge is -2.03. The molecule has 1 rings (SSSR count). The molecule has 0 atom stereocenters. The number of rotatable bonds is 10. The van der Waals surface area contributed by atoms with E-state index in [1.165, 1.54) is 44.1 Å². The van der Waals surface area contributed by atoms with Crippen molar-refractivity contribution in [1.82, 2.24) is 0 Å². The van der Waals surface area contributed by atoms with Crippen LogP contribution in [0.3, 0.4) is 0 Å². The lowest BCUT2D eigenvalue weighted by atomic mass is 10.0. The smallest absolute Gasteiger partial charge is 0.335 e. The maximum absolute atomic E-state index is 10.7. The van der Waals surface area contributed by atoms with E-state index in [9.17, 15) is 4.79 Å². The molecule has 0 aliphatic carbocycles. The molecule has 2 nitrogen and oxygen atoms in total. The average molecular weight is 260 g/mol. The highest BCUT2D eigenvalue weighted by Crippen LogP contribution is 2.11. The fraction of sp³-hybridized carbons (Fsp3) is 0.471. The van der Waals surface area contributed by atoms with Crippen LogP contribution in [0, 0.1) is 0 Å². The van der Waals surface area contributed by atoms with Crippen molar-refractivity contribution >= 4 is 5.97 Å². The second kappa shape index (κ2) is 9.37. The zero-order valence-corrected chi connectivity index (χ0v) is 11.6. The molecule has 0 bridgehead atoms. The first-order valence-electron chi connectivity index (χ1n) is 7.17. The van der Waals surface area contributed by atoms with E-state index < -0.39 is 5.97 Å². The Morgan fingerprint density at radius 2 is 1.58 bits per heavy atom. The summed E-state index contributed by atoms with van der Waals surface area (Å²) in [6, 6.07) is 7.22. The van der Waals surface area contributed by atoms with Crippen molar-refractivity contribution in [2.45, 2.75) is 51.4 Å². The predicted octanol–water partition coefficient (Wildman–Crippen LogP) is 4.84. The summed E-state index contributed by atoms with van der Waals surface area (Å²) in [5, 5.41) is 8.80. The summed E-state index contributed by atoms with van der Waals surface area (Å²) < 4.78 is 0. The average Bonchev–Trinajstić information content (AvgIpc) is 2.42. The zero-order valence-electron chi connectivity index (χ0n) is 11.6. The minimum atomic E-state index is -0.855. The Morgan fingerprint density at radius 1 is 1.00 bits per heavy atom. The number of carboxylic acid groups (broad SMARTS) is 1. The second-order valence-electron chi connectivity index (χ2n) is 4.95. The molecule has 0 heterocycles. The first kappa shape index (κ1) is 15.5. The van der Waals surface area contributed by atoms with Crippen molar-refractivity contribution in [3.63, 3.8) is 0 Å². The Kier molecular flexibility index (Phi) is 7.64. The number of unbranched alkanes of at least 4 members (excludes halogenated alkanes) is 6. The van der Waals surface area contributed by atoms with Gasteiger partial charge in [-0.25, -0.2) is 4.79 Å². The molecular formula is C17H24O2. The number of aromatic carboxylic acids is 1. The summed E-state index contributed by atoms with van der Waals surface area (Å²) in [5.41, 5.74) is 1.60. The number of allylic oxidation sites excluding steroid dienone is 1. The number of carbonyl (C=O) groups is 1. The summed E-state index contributed by atoms with van der Waals surface area (Å²) in [7, 11) is 0.